The first-order valence-corrected chi connectivity index (χ1v) is 10.7. The number of anilines is 1. The Morgan fingerprint density at radius 2 is 1.83 bits per heavy atom. The lowest BCUT2D eigenvalue weighted by atomic mass is 9.91. The lowest BCUT2D eigenvalue weighted by Crippen LogP contribution is -2.34. The molecule has 4 heterocycles. The van der Waals surface area contributed by atoms with Crippen molar-refractivity contribution in [2.45, 2.75) is 64.7 Å². The SMILES string of the molecule is CC(C)c1nc(N2CCC(c3nc(-c4ccccn4)no3)CC2)cc(C(C)(C)C)n1. The molecule has 7 heteroatoms. The Morgan fingerprint density at radius 1 is 1.07 bits per heavy atom. The lowest BCUT2D eigenvalue weighted by Gasteiger charge is -2.32. The van der Waals surface area contributed by atoms with Crippen molar-refractivity contribution in [3.05, 3.63) is 47.9 Å². The standard InChI is InChI=1S/C23H30N6O/c1-15(2)20-25-18(23(3,4)5)14-19(26-20)29-12-9-16(10-13-29)22-27-21(28-30-22)17-8-6-7-11-24-17/h6-8,11,14-16H,9-10,12-13H2,1-5H3. The van der Waals surface area contributed by atoms with Crippen molar-refractivity contribution >= 4 is 5.82 Å². The van der Waals surface area contributed by atoms with E-state index in [0.29, 0.717) is 17.6 Å². The second-order valence-corrected chi connectivity index (χ2v) is 9.31. The van der Waals surface area contributed by atoms with Gasteiger partial charge in [0.25, 0.3) is 0 Å². The van der Waals surface area contributed by atoms with E-state index in [2.05, 4.69) is 60.7 Å². The number of pyridine rings is 1. The highest BCUT2D eigenvalue weighted by Gasteiger charge is 2.28. The van der Waals surface area contributed by atoms with Gasteiger partial charge in [0.15, 0.2) is 0 Å². The summed E-state index contributed by atoms with van der Waals surface area (Å²) in [6, 6.07) is 7.85. The summed E-state index contributed by atoms with van der Waals surface area (Å²) in [5.74, 6) is 3.76. The Hall–Kier alpha value is -2.83. The maximum absolute atomic E-state index is 5.57. The molecule has 0 atom stereocenters. The van der Waals surface area contributed by atoms with Gasteiger partial charge in [-0.2, -0.15) is 4.98 Å². The predicted molar refractivity (Wildman–Crippen MR) is 117 cm³/mol. The molecular weight excluding hydrogens is 376 g/mol. The van der Waals surface area contributed by atoms with Gasteiger partial charge in [-0.05, 0) is 25.0 Å². The summed E-state index contributed by atoms with van der Waals surface area (Å²) < 4.78 is 5.57. The highest BCUT2D eigenvalue weighted by Crippen LogP contribution is 2.32. The fourth-order valence-corrected chi connectivity index (χ4v) is 3.61. The van der Waals surface area contributed by atoms with Crippen LogP contribution in [0, 0.1) is 0 Å². The van der Waals surface area contributed by atoms with Crippen LogP contribution in [0.25, 0.3) is 11.5 Å². The molecular formula is C23H30N6O. The van der Waals surface area contributed by atoms with Gasteiger partial charge >= 0.3 is 0 Å². The summed E-state index contributed by atoms with van der Waals surface area (Å²) in [5, 5.41) is 4.13. The van der Waals surface area contributed by atoms with Gasteiger partial charge in [0.05, 0.1) is 5.69 Å². The molecule has 0 spiro atoms. The van der Waals surface area contributed by atoms with E-state index in [4.69, 9.17) is 14.5 Å². The summed E-state index contributed by atoms with van der Waals surface area (Å²) >= 11 is 0. The van der Waals surface area contributed by atoms with Gasteiger partial charge < -0.3 is 9.42 Å². The van der Waals surface area contributed by atoms with E-state index in [1.54, 1.807) is 6.20 Å². The Morgan fingerprint density at radius 3 is 2.47 bits per heavy atom. The molecule has 0 saturated carbocycles. The maximum atomic E-state index is 5.57. The topological polar surface area (TPSA) is 80.8 Å². The van der Waals surface area contributed by atoms with Gasteiger partial charge in [-0.15, -0.1) is 0 Å². The molecule has 3 aromatic heterocycles. The van der Waals surface area contributed by atoms with Crippen molar-refractivity contribution in [1.82, 2.24) is 25.1 Å². The summed E-state index contributed by atoms with van der Waals surface area (Å²) in [6.07, 6.45) is 3.65. The molecule has 0 bridgehead atoms. The molecule has 1 fully saturated rings. The largest absolute Gasteiger partial charge is 0.356 e. The summed E-state index contributed by atoms with van der Waals surface area (Å²) in [4.78, 5) is 20.9. The predicted octanol–water partition coefficient (Wildman–Crippen LogP) is 4.73. The molecule has 1 aliphatic rings. The smallest absolute Gasteiger partial charge is 0.230 e. The average Bonchev–Trinajstić information content (AvgIpc) is 3.24. The molecule has 0 aliphatic carbocycles. The van der Waals surface area contributed by atoms with E-state index in [9.17, 15) is 0 Å². The molecule has 0 amide bonds. The van der Waals surface area contributed by atoms with Crippen LogP contribution < -0.4 is 4.90 Å². The molecule has 30 heavy (non-hydrogen) atoms. The van der Waals surface area contributed by atoms with Gasteiger partial charge in [0.1, 0.15) is 17.3 Å². The zero-order valence-corrected chi connectivity index (χ0v) is 18.5. The Bertz CT molecular complexity index is 984. The second kappa shape index (κ2) is 8.13. The molecule has 1 aliphatic heterocycles. The fraction of sp³-hybridized carbons (Fsp3) is 0.522. The molecule has 4 rings (SSSR count). The quantitative estimate of drug-likeness (QED) is 0.620. The van der Waals surface area contributed by atoms with E-state index in [1.165, 1.54) is 0 Å². The van der Waals surface area contributed by atoms with E-state index in [0.717, 1.165) is 49.0 Å². The van der Waals surface area contributed by atoms with Crippen LogP contribution in [0.4, 0.5) is 5.82 Å². The number of hydrogen-bond acceptors (Lipinski definition) is 7. The molecule has 0 unspecified atom stereocenters. The third-order valence-electron chi connectivity index (χ3n) is 5.52. The lowest BCUT2D eigenvalue weighted by molar-refractivity contribution is 0.329. The van der Waals surface area contributed by atoms with Crippen LogP contribution in [0.2, 0.25) is 0 Å². The normalized spacial score (nSPS) is 15.7. The molecule has 0 radical (unpaired) electrons. The van der Waals surface area contributed by atoms with Crippen LogP contribution in [0.3, 0.4) is 0 Å². The highest BCUT2D eigenvalue weighted by atomic mass is 16.5. The van der Waals surface area contributed by atoms with Gasteiger partial charge in [-0.1, -0.05) is 45.8 Å². The molecule has 3 aromatic rings. The Balaban J connectivity index is 1.49. The molecule has 0 aromatic carbocycles. The van der Waals surface area contributed by atoms with Crippen LogP contribution in [-0.2, 0) is 5.41 Å². The van der Waals surface area contributed by atoms with Crippen LogP contribution in [0.5, 0.6) is 0 Å². The average molecular weight is 407 g/mol. The Kier molecular flexibility index (Phi) is 5.54. The van der Waals surface area contributed by atoms with Gasteiger partial charge in [0.2, 0.25) is 11.7 Å². The van der Waals surface area contributed by atoms with Gasteiger partial charge in [-0.25, -0.2) is 9.97 Å². The van der Waals surface area contributed by atoms with E-state index in [1.807, 2.05) is 18.2 Å². The van der Waals surface area contributed by atoms with Crippen LogP contribution in [0.1, 0.15) is 76.7 Å². The molecule has 0 N–H and O–H groups in total. The fourth-order valence-electron chi connectivity index (χ4n) is 3.61. The second-order valence-electron chi connectivity index (χ2n) is 9.31. The first-order chi connectivity index (χ1) is 14.3. The number of aromatic nitrogens is 5. The maximum Gasteiger partial charge on any atom is 0.230 e. The molecule has 7 nitrogen and oxygen atoms in total. The zero-order valence-electron chi connectivity index (χ0n) is 18.5. The zero-order chi connectivity index (χ0) is 21.3. The van der Waals surface area contributed by atoms with Crippen molar-refractivity contribution in [3.8, 4) is 11.5 Å². The third-order valence-corrected chi connectivity index (χ3v) is 5.52. The van der Waals surface area contributed by atoms with Crippen molar-refractivity contribution in [1.29, 1.82) is 0 Å². The van der Waals surface area contributed by atoms with E-state index in [-0.39, 0.29) is 11.3 Å². The van der Waals surface area contributed by atoms with Gasteiger partial charge in [-0.3, -0.25) is 4.98 Å². The summed E-state index contributed by atoms with van der Waals surface area (Å²) in [5.41, 5.74) is 1.82. The van der Waals surface area contributed by atoms with Crippen LogP contribution >= 0.6 is 0 Å². The van der Waals surface area contributed by atoms with Crippen molar-refractivity contribution < 1.29 is 4.52 Å². The molecule has 158 valence electrons. The van der Waals surface area contributed by atoms with Crippen molar-refractivity contribution in [2.24, 2.45) is 0 Å². The first-order valence-electron chi connectivity index (χ1n) is 10.7. The summed E-state index contributed by atoms with van der Waals surface area (Å²) in [6.45, 7) is 12.7. The number of nitrogens with zero attached hydrogens (tertiary/aromatic N) is 6. The first kappa shape index (κ1) is 20.4. The minimum absolute atomic E-state index is 0.00865. The monoisotopic (exact) mass is 406 g/mol. The minimum Gasteiger partial charge on any atom is -0.356 e. The molecule has 1 saturated heterocycles. The number of rotatable bonds is 4. The Labute approximate surface area is 178 Å². The number of piperidine rings is 1. The van der Waals surface area contributed by atoms with Crippen LogP contribution in [-0.4, -0.2) is 38.2 Å². The van der Waals surface area contributed by atoms with E-state index >= 15 is 0 Å². The highest BCUT2D eigenvalue weighted by molar-refractivity contribution is 5.47. The third kappa shape index (κ3) is 4.35. The summed E-state index contributed by atoms with van der Waals surface area (Å²) in [7, 11) is 0. The van der Waals surface area contributed by atoms with Crippen molar-refractivity contribution in [3.63, 3.8) is 0 Å². The van der Waals surface area contributed by atoms with E-state index < -0.39 is 0 Å². The van der Waals surface area contributed by atoms with Crippen molar-refractivity contribution in [2.75, 3.05) is 18.0 Å². The number of hydrogen-bond donors (Lipinski definition) is 0. The van der Waals surface area contributed by atoms with Gasteiger partial charge in [0, 0.05) is 42.6 Å². The van der Waals surface area contributed by atoms with Crippen LogP contribution in [0.15, 0.2) is 35.0 Å². The minimum atomic E-state index is -0.00865.